The number of carboxylic acids is 1. The van der Waals surface area contributed by atoms with Gasteiger partial charge in [0.15, 0.2) is 5.60 Å². The molecule has 0 unspecified atom stereocenters. The Hall–Kier alpha value is -3.77. The van der Waals surface area contributed by atoms with Gasteiger partial charge in [0, 0.05) is 6.42 Å². The van der Waals surface area contributed by atoms with E-state index in [1.165, 1.54) is 24.3 Å². The SMILES string of the molecule is O=C(O)[C@]1(O)C[C@H](n2cc(F)c(=O)[nH]c2=O)O[C@@H]1COP(=O)(Oc1ccccc1)Oc1ccccc1. The number of para-hydroxylation sites is 2. The molecule has 3 atom stereocenters. The number of aromatic nitrogens is 2. The number of ether oxygens (including phenoxy) is 1. The molecule has 0 aliphatic carbocycles. The molecule has 1 saturated heterocycles. The largest absolute Gasteiger partial charge is 0.587 e. The number of carboxylic acid groups (broad SMARTS) is 1. The van der Waals surface area contributed by atoms with Crippen molar-refractivity contribution in [3.8, 4) is 11.5 Å². The van der Waals surface area contributed by atoms with Crippen LogP contribution < -0.4 is 20.3 Å². The molecule has 0 bridgehead atoms. The normalized spacial score (nSPS) is 21.7. The van der Waals surface area contributed by atoms with Crippen molar-refractivity contribution >= 4 is 13.8 Å². The van der Waals surface area contributed by atoms with Crippen LogP contribution in [0.3, 0.4) is 0 Å². The topological polar surface area (TPSA) is 166 Å². The molecule has 36 heavy (non-hydrogen) atoms. The number of phosphoric acid groups is 1. The zero-order valence-corrected chi connectivity index (χ0v) is 19.2. The van der Waals surface area contributed by atoms with Gasteiger partial charge in [-0.3, -0.25) is 18.9 Å². The lowest BCUT2D eigenvalue weighted by Gasteiger charge is -2.25. The van der Waals surface area contributed by atoms with E-state index in [0.29, 0.717) is 10.8 Å². The molecule has 3 N–H and O–H groups in total. The van der Waals surface area contributed by atoms with E-state index in [1.807, 2.05) is 0 Å². The van der Waals surface area contributed by atoms with Gasteiger partial charge in [-0.1, -0.05) is 36.4 Å². The van der Waals surface area contributed by atoms with Crippen molar-refractivity contribution in [2.75, 3.05) is 6.61 Å². The van der Waals surface area contributed by atoms with Crippen LogP contribution in [0.5, 0.6) is 11.5 Å². The highest BCUT2D eigenvalue weighted by atomic mass is 31.2. The number of H-pyrrole nitrogens is 1. The van der Waals surface area contributed by atoms with E-state index in [4.69, 9.17) is 18.3 Å². The van der Waals surface area contributed by atoms with Gasteiger partial charge in [-0.05, 0) is 24.3 Å². The van der Waals surface area contributed by atoms with E-state index in [1.54, 1.807) is 41.4 Å². The second-order valence-corrected chi connectivity index (χ2v) is 9.23. The van der Waals surface area contributed by atoms with Crippen molar-refractivity contribution in [2.24, 2.45) is 0 Å². The predicted octanol–water partition coefficient (Wildman–Crippen LogP) is 2.06. The van der Waals surface area contributed by atoms with Gasteiger partial charge in [0.05, 0.1) is 12.8 Å². The predicted molar refractivity (Wildman–Crippen MR) is 120 cm³/mol. The molecule has 190 valence electrons. The molecule has 1 fully saturated rings. The molecule has 14 heteroatoms. The molecule has 4 rings (SSSR count). The average Bonchev–Trinajstić information content (AvgIpc) is 3.19. The van der Waals surface area contributed by atoms with Gasteiger partial charge in [0.2, 0.25) is 5.82 Å². The monoisotopic (exact) mass is 522 g/mol. The van der Waals surface area contributed by atoms with Gasteiger partial charge in [0.1, 0.15) is 23.8 Å². The first-order valence-corrected chi connectivity index (χ1v) is 11.9. The van der Waals surface area contributed by atoms with Crippen molar-refractivity contribution in [2.45, 2.75) is 24.4 Å². The molecule has 1 aromatic heterocycles. The Morgan fingerprint density at radius 1 is 1.11 bits per heavy atom. The van der Waals surface area contributed by atoms with E-state index in [0.717, 1.165) is 0 Å². The summed E-state index contributed by atoms with van der Waals surface area (Å²) < 4.78 is 49.5. The van der Waals surface area contributed by atoms with Crippen LogP contribution in [0.25, 0.3) is 0 Å². The highest BCUT2D eigenvalue weighted by Gasteiger charge is 2.55. The smallest absolute Gasteiger partial charge is 0.479 e. The molecule has 0 saturated carbocycles. The number of hydrogen-bond donors (Lipinski definition) is 3. The highest BCUT2D eigenvalue weighted by Crippen LogP contribution is 2.50. The number of phosphoric ester groups is 1. The molecule has 3 aromatic rings. The molecule has 0 radical (unpaired) electrons. The van der Waals surface area contributed by atoms with Crippen molar-refractivity contribution in [1.29, 1.82) is 0 Å². The molecule has 1 aliphatic rings. The third kappa shape index (κ3) is 5.39. The van der Waals surface area contributed by atoms with Crippen LogP contribution in [0, 0.1) is 5.82 Å². The molecule has 2 aromatic carbocycles. The number of hydrogen-bond acceptors (Lipinski definition) is 9. The molecule has 0 spiro atoms. The van der Waals surface area contributed by atoms with Crippen LogP contribution in [-0.2, 0) is 18.6 Å². The van der Waals surface area contributed by atoms with Gasteiger partial charge in [-0.15, -0.1) is 0 Å². The van der Waals surface area contributed by atoms with E-state index < -0.39 is 61.8 Å². The lowest BCUT2D eigenvalue weighted by atomic mass is 9.95. The summed E-state index contributed by atoms with van der Waals surface area (Å²) in [6.45, 7) is -0.823. The first-order chi connectivity index (χ1) is 17.1. The number of aromatic amines is 1. The Morgan fingerprint density at radius 2 is 1.67 bits per heavy atom. The van der Waals surface area contributed by atoms with E-state index >= 15 is 0 Å². The minimum absolute atomic E-state index is 0.116. The maximum absolute atomic E-state index is 13.7. The third-order valence-electron chi connectivity index (χ3n) is 5.25. The Bertz CT molecular complexity index is 1350. The second kappa shape index (κ2) is 10.1. The minimum Gasteiger partial charge on any atom is -0.479 e. The zero-order chi connectivity index (χ0) is 25.9. The standard InChI is InChI=1S/C22H20FN2O10P/c23-16-12-25(21(29)24-19(16)26)18-11-22(30,20(27)28)17(33-18)13-32-36(31,34-14-7-3-1-4-8-14)35-15-9-5-2-6-10-15/h1-10,12,17-18,30H,11,13H2,(H,27,28)(H,24,26,29)/t17-,18-,22+/m1/s1. The lowest BCUT2D eigenvalue weighted by Crippen LogP contribution is -2.48. The fourth-order valence-corrected chi connectivity index (χ4v) is 4.66. The summed E-state index contributed by atoms with van der Waals surface area (Å²) in [5.41, 5.74) is -5.01. The minimum atomic E-state index is -4.48. The Labute approximate surface area is 202 Å². The average molecular weight is 522 g/mol. The van der Waals surface area contributed by atoms with Crippen molar-refractivity contribution in [3.63, 3.8) is 0 Å². The Kier molecular flexibility index (Phi) is 7.09. The lowest BCUT2D eigenvalue weighted by molar-refractivity contribution is -0.166. The van der Waals surface area contributed by atoms with Crippen LogP contribution >= 0.6 is 7.82 Å². The van der Waals surface area contributed by atoms with E-state index in [-0.39, 0.29) is 11.5 Å². The number of rotatable bonds is 9. The summed E-state index contributed by atoms with van der Waals surface area (Å²) in [6, 6.07) is 15.8. The van der Waals surface area contributed by atoms with Crippen molar-refractivity contribution in [3.05, 3.63) is 93.5 Å². The number of aliphatic hydroxyl groups is 1. The van der Waals surface area contributed by atoms with Gasteiger partial charge in [0.25, 0.3) is 5.56 Å². The molecule has 2 heterocycles. The summed E-state index contributed by atoms with van der Waals surface area (Å²) in [5, 5.41) is 20.4. The summed E-state index contributed by atoms with van der Waals surface area (Å²) in [6.07, 6.45) is -3.39. The zero-order valence-electron chi connectivity index (χ0n) is 18.4. The highest BCUT2D eigenvalue weighted by molar-refractivity contribution is 7.49. The van der Waals surface area contributed by atoms with E-state index in [9.17, 15) is 33.6 Å². The van der Waals surface area contributed by atoms with Crippen molar-refractivity contribution < 1.29 is 42.3 Å². The van der Waals surface area contributed by atoms with Gasteiger partial charge >= 0.3 is 19.5 Å². The number of halogens is 1. The number of aliphatic carboxylic acids is 1. The number of nitrogens with zero attached hydrogens (tertiary/aromatic N) is 1. The van der Waals surface area contributed by atoms with Crippen LogP contribution in [0.2, 0.25) is 0 Å². The number of benzene rings is 2. The Morgan fingerprint density at radius 3 is 2.19 bits per heavy atom. The third-order valence-corrected chi connectivity index (χ3v) is 6.58. The van der Waals surface area contributed by atoms with Gasteiger partial charge < -0.3 is 24.0 Å². The summed E-state index contributed by atoms with van der Waals surface area (Å²) in [5.74, 6) is -2.83. The second-order valence-electron chi connectivity index (χ2n) is 7.71. The molecule has 1 aliphatic heterocycles. The van der Waals surface area contributed by atoms with Crippen molar-refractivity contribution in [1.82, 2.24) is 9.55 Å². The maximum atomic E-state index is 13.7. The quantitative estimate of drug-likeness (QED) is 0.354. The summed E-state index contributed by atoms with van der Waals surface area (Å²) in [7, 11) is -4.48. The van der Waals surface area contributed by atoms with Gasteiger partial charge in [-0.25, -0.2) is 14.2 Å². The summed E-state index contributed by atoms with van der Waals surface area (Å²) in [4.78, 5) is 37.0. The Balaban J connectivity index is 1.59. The number of carbonyl (C=O) groups is 1. The van der Waals surface area contributed by atoms with Crippen LogP contribution in [0.4, 0.5) is 4.39 Å². The summed E-state index contributed by atoms with van der Waals surface area (Å²) >= 11 is 0. The maximum Gasteiger partial charge on any atom is 0.587 e. The van der Waals surface area contributed by atoms with Crippen LogP contribution in [0.1, 0.15) is 12.6 Å². The van der Waals surface area contributed by atoms with Crippen LogP contribution in [0.15, 0.2) is 76.4 Å². The number of nitrogens with one attached hydrogen (secondary N) is 1. The fourth-order valence-electron chi connectivity index (χ4n) is 3.44. The van der Waals surface area contributed by atoms with Gasteiger partial charge in [-0.2, -0.15) is 4.39 Å². The fraction of sp³-hybridized carbons (Fsp3) is 0.227. The van der Waals surface area contributed by atoms with E-state index in [2.05, 4.69) is 0 Å². The molecular weight excluding hydrogens is 502 g/mol. The molecular formula is C22H20FN2O10P. The first-order valence-electron chi connectivity index (χ1n) is 10.5. The molecule has 0 amide bonds. The van der Waals surface area contributed by atoms with Crippen LogP contribution in [-0.4, -0.2) is 44.0 Å². The molecule has 12 nitrogen and oxygen atoms in total. The first kappa shape index (κ1) is 25.3.